The highest BCUT2D eigenvalue weighted by molar-refractivity contribution is 6.04. The van der Waals surface area contributed by atoms with Crippen molar-refractivity contribution in [2.24, 2.45) is 0 Å². The number of H-pyrrole nitrogens is 1. The monoisotopic (exact) mass is 247 g/mol. The van der Waals surface area contributed by atoms with E-state index < -0.39 is 5.82 Å². The van der Waals surface area contributed by atoms with Gasteiger partial charge in [0, 0.05) is 18.5 Å². The molecule has 1 aliphatic heterocycles. The van der Waals surface area contributed by atoms with Crippen molar-refractivity contribution in [1.82, 2.24) is 15.1 Å². The number of para-hydroxylation sites is 1. The molecule has 1 aliphatic rings. The molecule has 0 aliphatic carbocycles. The van der Waals surface area contributed by atoms with E-state index in [0.717, 1.165) is 25.9 Å². The summed E-state index contributed by atoms with van der Waals surface area (Å²) >= 11 is 0. The maximum absolute atomic E-state index is 13.5. The number of rotatable bonds is 1. The molecule has 1 fully saturated rings. The molecule has 1 amide bonds. The van der Waals surface area contributed by atoms with E-state index in [0.29, 0.717) is 11.1 Å². The third-order valence-electron chi connectivity index (χ3n) is 3.39. The van der Waals surface area contributed by atoms with E-state index >= 15 is 0 Å². The maximum atomic E-state index is 13.5. The highest BCUT2D eigenvalue weighted by Crippen LogP contribution is 2.21. The second kappa shape index (κ2) is 4.40. The summed E-state index contributed by atoms with van der Waals surface area (Å²) in [5, 5.41) is 7.12. The number of fused-ring (bicyclic) bond motifs is 1. The van der Waals surface area contributed by atoms with Crippen LogP contribution in [0, 0.1) is 5.82 Å². The Morgan fingerprint density at radius 3 is 2.83 bits per heavy atom. The first-order valence-corrected chi connectivity index (χ1v) is 6.19. The number of benzene rings is 1. The van der Waals surface area contributed by atoms with Crippen molar-refractivity contribution in [2.75, 3.05) is 13.1 Å². The van der Waals surface area contributed by atoms with Gasteiger partial charge in [-0.1, -0.05) is 12.1 Å². The molecule has 1 N–H and O–H groups in total. The van der Waals surface area contributed by atoms with Crippen molar-refractivity contribution < 1.29 is 9.18 Å². The topological polar surface area (TPSA) is 49.0 Å². The first-order chi connectivity index (χ1) is 8.77. The summed E-state index contributed by atoms with van der Waals surface area (Å²) in [6.45, 7) is 1.54. The number of carbonyl (C=O) groups excluding carboxylic acids is 1. The highest BCUT2D eigenvalue weighted by Gasteiger charge is 2.22. The molecule has 0 radical (unpaired) electrons. The number of likely N-dealkylation sites (tertiary alicyclic amines) is 1. The van der Waals surface area contributed by atoms with Crippen LogP contribution in [0.1, 0.15) is 29.8 Å². The number of aromatic amines is 1. The number of hydrogen-bond acceptors (Lipinski definition) is 2. The molecule has 1 aromatic heterocycles. The van der Waals surface area contributed by atoms with E-state index in [4.69, 9.17) is 0 Å². The van der Waals surface area contributed by atoms with Crippen LogP contribution in [0.15, 0.2) is 18.2 Å². The van der Waals surface area contributed by atoms with Crippen molar-refractivity contribution in [3.63, 3.8) is 0 Å². The van der Waals surface area contributed by atoms with Crippen LogP contribution >= 0.6 is 0 Å². The first kappa shape index (κ1) is 11.2. The van der Waals surface area contributed by atoms with Crippen molar-refractivity contribution in [2.45, 2.75) is 19.3 Å². The molecule has 18 heavy (non-hydrogen) atoms. The predicted molar refractivity (Wildman–Crippen MR) is 65.8 cm³/mol. The number of amides is 1. The predicted octanol–water partition coefficient (Wildman–Crippen LogP) is 2.33. The van der Waals surface area contributed by atoms with Gasteiger partial charge in [0.25, 0.3) is 5.91 Å². The Bertz CT molecular complexity index is 587. The average Bonchev–Trinajstić information content (AvgIpc) is 2.84. The number of nitrogens with one attached hydrogen (secondary N) is 1. The Morgan fingerprint density at radius 1 is 1.28 bits per heavy atom. The van der Waals surface area contributed by atoms with Crippen molar-refractivity contribution in [3.05, 3.63) is 29.7 Å². The van der Waals surface area contributed by atoms with Crippen LogP contribution in [-0.4, -0.2) is 34.1 Å². The summed E-state index contributed by atoms with van der Waals surface area (Å²) in [6.07, 6.45) is 3.24. The highest BCUT2D eigenvalue weighted by atomic mass is 19.1. The van der Waals surface area contributed by atoms with Gasteiger partial charge < -0.3 is 4.90 Å². The van der Waals surface area contributed by atoms with Gasteiger partial charge >= 0.3 is 0 Å². The number of carbonyl (C=O) groups is 1. The Morgan fingerprint density at radius 2 is 2.06 bits per heavy atom. The zero-order valence-electron chi connectivity index (χ0n) is 9.95. The molecule has 0 bridgehead atoms. The lowest BCUT2D eigenvalue weighted by Crippen LogP contribution is -2.35. The summed E-state index contributed by atoms with van der Waals surface area (Å²) in [5.74, 6) is -0.482. The maximum Gasteiger partial charge on any atom is 0.272 e. The molecule has 0 saturated carbocycles. The fourth-order valence-electron chi connectivity index (χ4n) is 2.42. The van der Waals surface area contributed by atoms with Gasteiger partial charge in [-0.15, -0.1) is 0 Å². The Hall–Kier alpha value is -1.91. The molecule has 4 nitrogen and oxygen atoms in total. The fraction of sp³-hybridized carbons (Fsp3) is 0.385. The number of hydrogen-bond donors (Lipinski definition) is 1. The third-order valence-corrected chi connectivity index (χ3v) is 3.39. The molecule has 2 heterocycles. The van der Waals surface area contributed by atoms with Crippen molar-refractivity contribution in [1.29, 1.82) is 0 Å². The molecule has 5 heteroatoms. The number of piperidine rings is 1. The summed E-state index contributed by atoms with van der Waals surface area (Å²) < 4.78 is 13.5. The third kappa shape index (κ3) is 1.75. The van der Waals surface area contributed by atoms with Crippen molar-refractivity contribution in [3.8, 4) is 0 Å². The Kier molecular flexibility index (Phi) is 2.74. The van der Waals surface area contributed by atoms with E-state index in [2.05, 4.69) is 10.2 Å². The van der Waals surface area contributed by atoms with Gasteiger partial charge in [-0.25, -0.2) is 4.39 Å². The van der Waals surface area contributed by atoms with Crippen LogP contribution in [0.3, 0.4) is 0 Å². The smallest absolute Gasteiger partial charge is 0.272 e. The van der Waals surface area contributed by atoms with Gasteiger partial charge in [0.15, 0.2) is 5.82 Å². The van der Waals surface area contributed by atoms with E-state index in [-0.39, 0.29) is 11.4 Å². The lowest BCUT2D eigenvalue weighted by Gasteiger charge is -2.26. The summed E-state index contributed by atoms with van der Waals surface area (Å²) in [4.78, 5) is 14.1. The van der Waals surface area contributed by atoms with Crippen LogP contribution < -0.4 is 0 Å². The van der Waals surface area contributed by atoms with E-state index in [1.54, 1.807) is 17.0 Å². The lowest BCUT2D eigenvalue weighted by atomic mass is 10.1. The minimum Gasteiger partial charge on any atom is -0.337 e. The normalized spacial score (nSPS) is 16.2. The van der Waals surface area contributed by atoms with Crippen LogP contribution in [0.5, 0.6) is 0 Å². The van der Waals surface area contributed by atoms with Crippen LogP contribution in [0.2, 0.25) is 0 Å². The molecule has 1 saturated heterocycles. The number of nitrogens with zero attached hydrogens (tertiary/aromatic N) is 2. The van der Waals surface area contributed by atoms with Gasteiger partial charge in [-0.05, 0) is 25.3 Å². The summed E-state index contributed by atoms with van der Waals surface area (Å²) in [5.41, 5.74) is 0.629. The van der Waals surface area contributed by atoms with E-state index in [9.17, 15) is 9.18 Å². The summed E-state index contributed by atoms with van der Waals surface area (Å²) in [7, 11) is 0. The molecular weight excluding hydrogens is 233 g/mol. The van der Waals surface area contributed by atoms with Gasteiger partial charge in [0.1, 0.15) is 11.2 Å². The molecule has 0 spiro atoms. The molecule has 2 aromatic rings. The quantitative estimate of drug-likeness (QED) is 0.840. The van der Waals surface area contributed by atoms with E-state index in [1.165, 1.54) is 12.5 Å². The zero-order valence-corrected chi connectivity index (χ0v) is 9.95. The summed E-state index contributed by atoms with van der Waals surface area (Å²) in [6, 6.07) is 4.66. The second-order valence-corrected chi connectivity index (χ2v) is 4.59. The SMILES string of the molecule is O=C(c1[nH]nc2c(F)cccc12)N1CCCCC1. The lowest BCUT2D eigenvalue weighted by molar-refractivity contribution is 0.0720. The molecule has 94 valence electrons. The van der Waals surface area contributed by atoms with Gasteiger partial charge in [-0.2, -0.15) is 5.10 Å². The van der Waals surface area contributed by atoms with Gasteiger partial charge in [0.2, 0.25) is 0 Å². The Balaban J connectivity index is 1.98. The minimum atomic E-state index is -0.401. The number of halogens is 1. The van der Waals surface area contributed by atoms with E-state index in [1.807, 2.05) is 0 Å². The Labute approximate surface area is 104 Å². The molecule has 3 rings (SSSR count). The average molecular weight is 247 g/mol. The minimum absolute atomic E-state index is 0.0807. The van der Waals surface area contributed by atoms with Crippen molar-refractivity contribution >= 4 is 16.8 Å². The molecule has 0 unspecified atom stereocenters. The second-order valence-electron chi connectivity index (χ2n) is 4.59. The molecule has 0 atom stereocenters. The molecular formula is C13H14FN3O. The fourth-order valence-corrected chi connectivity index (χ4v) is 2.42. The largest absolute Gasteiger partial charge is 0.337 e. The van der Waals surface area contributed by atoms with Gasteiger partial charge in [0.05, 0.1) is 0 Å². The first-order valence-electron chi connectivity index (χ1n) is 6.19. The van der Waals surface area contributed by atoms with Crippen LogP contribution in [-0.2, 0) is 0 Å². The van der Waals surface area contributed by atoms with Gasteiger partial charge in [-0.3, -0.25) is 9.89 Å². The number of aromatic nitrogens is 2. The molecule has 1 aromatic carbocycles. The zero-order chi connectivity index (χ0) is 12.5. The van der Waals surface area contributed by atoms with Crippen LogP contribution in [0.4, 0.5) is 4.39 Å². The standard InChI is InChI=1S/C13H14FN3O/c14-10-6-4-5-9-11(10)15-16-12(9)13(18)17-7-2-1-3-8-17/h4-6H,1-3,7-8H2,(H,15,16). The van der Waals surface area contributed by atoms with Crippen LogP contribution in [0.25, 0.3) is 10.9 Å².